The highest BCUT2D eigenvalue weighted by molar-refractivity contribution is 5.21. The second-order valence-electron chi connectivity index (χ2n) is 4.44. The Labute approximate surface area is 79.3 Å². The van der Waals surface area contributed by atoms with E-state index in [-0.39, 0.29) is 18.1 Å². The number of fused-ring (bicyclic) bond motifs is 1. The minimum absolute atomic E-state index is 0.0531. The summed E-state index contributed by atoms with van der Waals surface area (Å²) < 4.78 is 0. The van der Waals surface area contributed by atoms with Gasteiger partial charge in [0.15, 0.2) is 0 Å². The van der Waals surface area contributed by atoms with Crippen LogP contribution in [0.3, 0.4) is 0 Å². The average molecular weight is 182 g/mol. The van der Waals surface area contributed by atoms with E-state index in [0.717, 1.165) is 25.7 Å². The molecule has 0 aromatic carbocycles. The standard InChI is InChI=1S/C11H18O2/c12-8-11-5-2-1-3-9(11)7-10(13)4-6-11/h7,10,12-13H,1-6,8H2/t10-,11+/m1/s1. The molecule has 0 amide bonds. The molecule has 2 aliphatic rings. The second kappa shape index (κ2) is 3.43. The van der Waals surface area contributed by atoms with Gasteiger partial charge in [0.1, 0.15) is 0 Å². The van der Waals surface area contributed by atoms with E-state index < -0.39 is 0 Å². The first-order valence-electron chi connectivity index (χ1n) is 5.27. The molecule has 0 spiro atoms. The molecule has 0 unspecified atom stereocenters. The predicted octanol–water partition coefficient (Wildman–Crippen LogP) is 1.62. The predicted molar refractivity (Wildman–Crippen MR) is 51.3 cm³/mol. The van der Waals surface area contributed by atoms with E-state index in [1.165, 1.54) is 18.4 Å². The molecule has 1 saturated carbocycles. The van der Waals surface area contributed by atoms with Crippen molar-refractivity contribution < 1.29 is 10.2 Å². The van der Waals surface area contributed by atoms with Crippen molar-refractivity contribution in [3.63, 3.8) is 0 Å². The van der Waals surface area contributed by atoms with E-state index in [2.05, 4.69) is 0 Å². The van der Waals surface area contributed by atoms with Gasteiger partial charge in [-0.2, -0.15) is 0 Å². The van der Waals surface area contributed by atoms with Gasteiger partial charge in [0.25, 0.3) is 0 Å². The number of aliphatic hydroxyl groups excluding tert-OH is 2. The third-order valence-electron chi connectivity index (χ3n) is 3.65. The Hall–Kier alpha value is -0.340. The molecule has 0 saturated heterocycles. The first-order valence-corrected chi connectivity index (χ1v) is 5.27. The van der Waals surface area contributed by atoms with Crippen LogP contribution in [-0.2, 0) is 0 Å². The van der Waals surface area contributed by atoms with Gasteiger partial charge in [0.05, 0.1) is 12.7 Å². The molecule has 0 aromatic heterocycles. The summed E-state index contributed by atoms with van der Waals surface area (Å²) in [5.41, 5.74) is 1.37. The van der Waals surface area contributed by atoms with E-state index in [4.69, 9.17) is 0 Å². The van der Waals surface area contributed by atoms with Crippen LogP contribution in [-0.4, -0.2) is 22.9 Å². The Morgan fingerprint density at radius 1 is 1.38 bits per heavy atom. The van der Waals surface area contributed by atoms with Crippen LogP contribution in [0.15, 0.2) is 11.6 Å². The Balaban J connectivity index is 2.25. The van der Waals surface area contributed by atoms with Gasteiger partial charge in [-0.05, 0) is 32.1 Å². The van der Waals surface area contributed by atoms with Crippen molar-refractivity contribution in [2.75, 3.05) is 6.61 Å². The van der Waals surface area contributed by atoms with E-state index in [1.807, 2.05) is 6.08 Å². The van der Waals surface area contributed by atoms with Crippen molar-refractivity contribution in [1.29, 1.82) is 0 Å². The third kappa shape index (κ3) is 1.53. The van der Waals surface area contributed by atoms with Crippen LogP contribution >= 0.6 is 0 Å². The van der Waals surface area contributed by atoms with Crippen LogP contribution in [0.1, 0.15) is 38.5 Å². The molecule has 13 heavy (non-hydrogen) atoms. The van der Waals surface area contributed by atoms with E-state index >= 15 is 0 Å². The van der Waals surface area contributed by atoms with E-state index in [9.17, 15) is 10.2 Å². The Kier molecular flexibility index (Phi) is 2.43. The van der Waals surface area contributed by atoms with Crippen molar-refractivity contribution in [1.82, 2.24) is 0 Å². The summed E-state index contributed by atoms with van der Waals surface area (Å²) >= 11 is 0. The Morgan fingerprint density at radius 2 is 2.23 bits per heavy atom. The monoisotopic (exact) mass is 182 g/mol. The van der Waals surface area contributed by atoms with Crippen LogP contribution in [0.4, 0.5) is 0 Å². The first kappa shape index (κ1) is 9.22. The smallest absolute Gasteiger partial charge is 0.0724 e. The fourth-order valence-electron chi connectivity index (χ4n) is 2.75. The summed E-state index contributed by atoms with van der Waals surface area (Å²) in [5.74, 6) is 0. The summed E-state index contributed by atoms with van der Waals surface area (Å²) in [4.78, 5) is 0. The quantitative estimate of drug-likeness (QED) is 0.605. The molecular weight excluding hydrogens is 164 g/mol. The van der Waals surface area contributed by atoms with E-state index in [0.29, 0.717) is 0 Å². The molecule has 0 bridgehead atoms. The lowest BCUT2D eigenvalue weighted by Gasteiger charge is -2.42. The summed E-state index contributed by atoms with van der Waals surface area (Å²) in [6, 6.07) is 0. The van der Waals surface area contributed by atoms with Crippen LogP contribution < -0.4 is 0 Å². The molecule has 0 radical (unpaired) electrons. The number of aliphatic hydroxyl groups is 2. The fraction of sp³-hybridized carbons (Fsp3) is 0.818. The number of hydrogen-bond acceptors (Lipinski definition) is 2. The lowest BCUT2D eigenvalue weighted by atomic mass is 9.65. The maximum atomic E-state index is 9.50. The fourth-order valence-corrected chi connectivity index (χ4v) is 2.75. The molecule has 2 heteroatoms. The van der Waals surface area contributed by atoms with E-state index in [1.54, 1.807) is 0 Å². The molecule has 74 valence electrons. The third-order valence-corrected chi connectivity index (χ3v) is 3.65. The highest BCUT2D eigenvalue weighted by atomic mass is 16.3. The van der Waals surface area contributed by atoms with Gasteiger partial charge in [-0.3, -0.25) is 0 Å². The molecule has 0 aromatic rings. The van der Waals surface area contributed by atoms with Gasteiger partial charge < -0.3 is 10.2 Å². The van der Waals surface area contributed by atoms with Crippen molar-refractivity contribution in [2.24, 2.45) is 5.41 Å². The summed E-state index contributed by atoms with van der Waals surface area (Å²) in [6.45, 7) is 0.269. The number of rotatable bonds is 1. The number of hydrogen-bond donors (Lipinski definition) is 2. The molecule has 0 heterocycles. The highest BCUT2D eigenvalue weighted by Crippen LogP contribution is 2.46. The second-order valence-corrected chi connectivity index (χ2v) is 4.44. The van der Waals surface area contributed by atoms with Crippen LogP contribution in [0, 0.1) is 5.41 Å². The van der Waals surface area contributed by atoms with Gasteiger partial charge in [-0.1, -0.05) is 18.1 Å². The molecular formula is C11H18O2. The zero-order valence-electron chi connectivity index (χ0n) is 8.00. The van der Waals surface area contributed by atoms with Gasteiger partial charge >= 0.3 is 0 Å². The maximum Gasteiger partial charge on any atom is 0.0724 e. The molecule has 1 fully saturated rings. The largest absolute Gasteiger partial charge is 0.395 e. The van der Waals surface area contributed by atoms with Crippen LogP contribution in [0.2, 0.25) is 0 Å². The lowest BCUT2D eigenvalue weighted by Crippen LogP contribution is -2.35. The molecule has 2 aliphatic carbocycles. The lowest BCUT2D eigenvalue weighted by molar-refractivity contribution is 0.0838. The SMILES string of the molecule is OC[C@@]12CCCCC1=C[C@H](O)CC2. The Bertz CT molecular complexity index is 222. The molecule has 0 aliphatic heterocycles. The van der Waals surface area contributed by atoms with Crippen molar-refractivity contribution >= 4 is 0 Å². The summed E-state index contributed by atoms with van der Waals surface area (Å²) in [6.07, 6.45) is 8.17. The van der Waals surface area contributed by atoms with Crippen molar-refractivity contribution in [3.8, 4) is 0 Å². The minimum Gasteiger partial charge on any atom is -0.395 e. The highest BCUT2D eigenvalue weighted by Gasteiger charge is 2.38. The topological polar surface area (TPSA) is 40.5 Å². The minimum atomic E-state index is -0.257. The summed E-state index contributed by atoms with van der Waals surface area (Å²) in [7, 11) is 0. The van der Waals surface area contributed by atoms with Gasteiger partial charge in [-0.15, -0.1) is 0 Å². The van der Waals surface area contributed by atoms with Crippen LogP contribution in [0.5, 0.6) is 0 Å². The van der Waals surface area contributed by atoms with Crippen LogP contribution in [0.25, 0.3) is 0 Å². The average Bonchev–Trinajstić information content (AvgIpc) is 2.18. The maximum absolute atomic E-state index is 9.50. The zero-order chi connectivity index (χ0) is 9.31. The molecule has 2 N–H and O–H groups in total. The van der Waals surface area contributed by atoms with Crippen molar-refractivity contribution in [3.05, 3.63) is 11.6 Å². The van der Waals surface area contributed by atoms with Gasteiger partial charge in [0, 0.05) is 5.41 Å². The van der Waals surface area contributed by atoms with Crippen molar-refractivity contribution in [2.45, 2.75) is 44.6 Å². The molecule has 2 rings (SSSR count). The van der Waals surface area contributed by atoms with Gasteiger partial charge in [-0.25, -0.2) is 0 Å². The molecule has 2 atom stereocenters. The zero-order valence-corrected chi connectivity index (χ0v) is 8.00. The Morgan fingerprint density at radius 3 is 3.00 bits per heavy atom. The molecule has 2 nitrogen and oxygen atoms in total. The van der Waals surface area contributed by atoms with Gasteiger partial charge in [0.2, 0.25) is 0 Å². The summed E-state index contributed by atoms with van der Waals surface area (Å²) in [5, 5.41) is 18.9. The first-order chi connectivity index (χ1) is 6.27. The normalized spacial score (nSPS) is 39.5.